The van der Waals surface area contributed by atoms with E-state index in [0.29, 0.717) is 6.04 Å². The van der Waals surface area contributed by atoms with Gasteiger partial charge >= 0.3 is 0 Å². The van der Waals surface area contributed by atoms with E-state index in [1.165, 1.54) is 10.4 Å². The molecule has 3 atom stereocenters. The van der Waals surface area contributed by atoms with E-state index in [9.17, 15) is 4.79 Å². The number of amides is 1. The minimum atomic E-state index is -0.289. The van der Waals surface area contributed by atoms with Gasteiger partial charge in [0.2, 0.25) is 5.91 Å². The lowest BCUT2D eigenvalue weighted by atomic mass is 9.78. The Kier molecular flexibility index (Phi) is 5.05. The number of nitrogens with zero attached hydrogens (tertiary/aromatic N) is 3. The van der Waals surface area contributed by atoms with Gasteiger partial charge in [-0.1, -0.05) is 11.6 Å². The van der Waals surface area contributed by atoms with Gasteiger partial charge in [0.25, 0.3) is 0 Å². The summed E-state index contributed by atoms with van der Waals surface area (Å²) in [5.74, 6) is 0.0274. The number of ether oxygens (including phenoxy) is 1. The molecular weight excluding hydrogens is 384 g/mol. The van der Waals surface area contributed by atoms with E-state index in [1.807, 2.05) is 12.4 Å². The van der Waals surface area contributed by atoms with Crippen LogP contribution >= 0.6 is 22.9 Å². The molecule has 0 saturated carbocycles. The van der Waals surface area contributed by atoms with E-state index in [1.54, 1.807) is 35.0 Å². The van der Waals surface area contributed by atoms with Gasteiger partial charge in [0.05, 0.1) is 17.1 Å². The summed E-state index contributed by atoms with van der Waals surface area (Å²) >= 11 is 7.97. The Bertz CT molecular complexity index is 849. The Morgan fingerprint density at radius 3 is 3.11 bits per heavy atom. The Balaban J connectivity index is 1.59. The molecule has 2 aliphatic rings. The van der Waals surface area contributed by atoms with E-state index in [2.05, 4.69) is 23.4 Å². The summed E-state index contributed by atoms with van der Waals surface area (Å²) < 4.78 is 8.94. The number of piperidine rings is 1. The number of carbonyl (C=O) groups is 1. The minimum Gasteiger partial charge on any atom is -0.369 e. The second-order valence-corrected chi connectivity index (χ2v) is 9.47. The Morgan fingerprint density at radius 2 is 2.33 bits per heavy atom. The fourth-order valence-electron chi connectivity index (χ4n) is 4.20. The zero-order valence-corrected chi connectivity index (χ0v) is 17.4. The van der Waals surface area contributed by atoms with Crippen LogP contribution in [0, 0.1) is 0 Å². The molecule has 6 nitrogen and oxygen atoms in total. The normalized spacial score (nSPS) is 27.6. The van der Waals surface area contributed by atoms with E-state index in [0.717, 1.165) is 35.8 Å². The van der Waals surface area contributed by atoms with E-state index in [-0.39, 0.29) is 24.1 Å². The summed E-state index contributed by atoms with van der Waals surface area (Å²) in [6.45, 7) is 3.18. The third-order valence-corrected chi connectivity index (χ3v) is 6.94. The molecule has 146 valence electrons. The summed E-state index contributed by atoms with van der Waals surface area (Å²) in [5.41, 5.74) is 2.13. The highest BCUT2D eigenvalue weighted by atomic mass is 35.5. The molecule has 3 unspecified atom stereocenters. The molecule has 0 aliphatic carbocycles. The second kappa shape index (κ2) is 7.20. The first kappa shape index (κ1) is 18.9. The van der Waals surface area contributed by atoms with Gasteiger partial charge in [-0.2, -0.15) is 5.10 Å². The van der Waals surface area contributed by atoms with Gasteiger partial charge < -0.3 is 15.0 Å². The highest BCUT2D eigenvalue weighted by Crippen LogP contribution is 2.49. The molecule has 1 amide bonds. The van der Waals surface area contributed by atoms with Crippen LogP contribution in [0.2, 0.25) is 4.34 Å². The van der Waals surface area contributed by atoms with Crippen LogP contribution < -0.4 is 5.32 Å². The smallest absolute Gasteiger partial charge is 0.243 e. The van der Waals surface area contributed by atoms with Crippen molar-refractivity contribution in [1.29, 1.82) is 0 Å². The fourth-order valence-corrected chi connectivity index (χ4v) is 5.66. The van der Waals surface area contributed by atoms with Crippen molar-refractivity contribution in [1.82, 2.24) is 20.0 Å². The highest BCUT2D eigenvalue weighted by molar-refractivity contribution is 7.16. The van der Waals surface area contributed by atoms with Gasteiger partial charge in [0, 0.05) is 49.2 Å². The number of nitrogens with one attached hydrogen (secondary N) is 1. The lowest BCUT2D eigenvalue weighted by Gasteiger charge is -2.46. The lowest BCUT2D eigenvalue weighted by Crippen LogP contribution is -2.49. The van der Waals surface area contributed by atoms with Crippen molar-refractivity contribution in [2.75, 3.05) is 20.7 Å². The number of hydrogen-bond acceptors (Lipinski definition) is 5. The Labute approximate surface area is 168 Å². The molecule has 0 bridgehead atoms. The minimum absolute atomic E-state index is 0.0274. The zero-order valence-electron chi connectivity index (χ0n) is 15.9. The number of thiophene rings is 1. The molecule has 4 rings (SSSR count). The van der Waals surface area contributed by atoms with Crippen molar-refractivity contribution in [3.8, 4) is 0 Å². The fraction of sp³-hybridized carbons (Fsp3) is 0.579. The lowest BCUT2D eigenvalue weighted by molar-refractivity contribution is -0.129. The maximum Gasteiger partial charge on any atom is 0.243 e. The summed E-state index contributed by atoms with van der Waals surface area (Å²) in [6.07, 6.45) is 6.53. The van der Waals surface area contributed by atoms with Gasteiger partial charge in [0.15, 0.2) is 0 Å². The molecule has 1 spiro atoms. The molecule has 27 heavy (non-hydrogen) atoms. The van der Waals surface area contributed by atoms with Crippen LogP contribution in [0.3, 0.4) is 0 Å². The molecule has 4 heterocycles. The van der Waals surface area contributed by atoms with E-state index >= 15 is 0 Å². The second-order valence-electron chi connectivity index (χ2n) is 7.79. The standard InChI is InChI=1S/C19H25ClN4O2S/c1-12-7-19(18-13(4-5-26-19)6-16(20)27-18)8-15(22-12)14-9-21-24(10-14)11-17(25)23(2)3/h6,9-10,12,15,22H,4-5,7-8,11H2,1-3H3. The zero-order chi connectivity index (χ0) is 19.2. The van der Waals surface area contributed by atoms with Gasteiger partial charge in [0.1, 0.15) is 12.1 Å². The number of carbonyl (C=O) groups excluding carboxylic acids is 1. The topological polar surface area (TPSA) is 59.4 Å². The monoisotopic (exact) mass is 408 g/mol. The van der Waals surface area contributed by atoms with E-state index in [4.69, 9.17) is 16.3 Å². The van der Waals surface area contributed by atoms with Crippen molar-refractivity contribution < 1.29 is 9.53 Å². The predicted molar refractivity (Wildman–Crippen MR) is 106 cm³/mol. The number of aromatic nitrogens is 2. The summed E-state index contributed by atoms with van der Waals surface area (Å²) in [7, 11) is 3.51. The van der Waals surface area contributed by atoms with Crippen molar-refractivity contribution in [2.45, 2.75) is 50.4 Å². The van der Waals surface area contributed by atoms with Crippen LogP contribution in [0.15, 0.2) is 18.5 Å². The first-order valence-corrected chi connectivity index (χ1v) is 10.5. The maximum absolute atomic E-state index is 11.9. The molecule has 1 fully saturated rings. The average Bonchev–Trinajstić information content (AvgIpc) is 3.21. The maximum atomic E-state index is 11.9. The van der Waals surface area contributed by atoms with Crippen LogP contribution in [0.5, 0.6) is 0 Å². The molecule has 2 aromatic heterocycles. The Hall–Kier alpha value is -1.41. The summed E-state index contributed by atoms with van der Waals surface area (Å²) in [4.78, 5) is 14.8. The first-order valence-electron chi connectivity index (χ1n) is 9.27. The van der Waals surface area contributed by atoms with Crippen LogP contribution in [0.1, 0.15) is 41.8 Å². The predicted octanol–water partition coefficient (Wildman–Crippen LogP) is 2.97. The molecule has 0 aromatic carbocycles. The van der Waals surface area contributed by atoms with Gasteiger partial charge in [-0.25, -0.2) is 0 Å². The number of rotatable bonds is 3. The first-order chi connectivity index (χ1) is 12.9. The van der Waals surface area contributed by atoms with Crippen LogP contribution in [-0.4, -0.2) is 47.3 Å². The van der Waals surface area contributed by atoms with Crippen molar-refractivity contribution >= 4 is 28.8 Å². The number of likely N-dealkylation sites (N-methyl/N-ethyl adjacent to an activating group) is 1. The molecular formula is C19H25ClN4O2S. The highest BCUT2D eigenvalue weighted by Gasteiger charge is 2.46. The SMILES string of the molecule is CC1CC2(CC(c3cnn(CC(=O)N(C)C)c3)N1)OCCc1cc(Cl)sc12. The van der Waals surface area contributed by atoms with Crippen LogP contribution in [-0.2, 0) is 28.1 Å². The van der Waals surface area contributed by atoms with Gasteiger partial charge in [-0.05, 0) is 31.4 Å². The molecule has 1 saturated heterocycles. The Morgan fingerprint density at radius 1 is 1.52 bits per heavy atom. The third-order valence-electron chi connectivity index (χ3n) is 5.45. The number of halogens is 1. The summed E-state index contributed by atoms with van der Waals surface area (Å²) in [6, 6.07) is 2.53. The molecule has 2 aliphatic heterocycles. The molecule has 0 radical (unpaired) electrons. The molecule has 1 N–H and O–H groups in total. The average molecular weight is 409 g/mol. The largest absolute Gasteiger partial charge is 0.369 e. The van der Waals surface area contributed by atoms with E-state index < -0.39 is 0 Å². The summed E-state index contributed by atoms with van der Waals surface area (Å²) in [5, 5.41) is 8.06. The van der Waals surface area contributed by atoms with Crippen LogP contribution in [0.25, 0.3) is 0 Å². The van der Waals surface area contributed by atoms with Crippen molar-refractivity contribution in [2.24, 2.45) is 0 Å². The number of hydrogen-bond donors (Lipinski definition) is 1. The number of fused-ring (bicyclic) bond motifs is 2. The van der Waals surface area contributed by atoms with Crippen molar-refractivity contribution in [3.63, 3.8) is 0 Å². The van der Waals surface area contributed by atoms with Gasteiger partial charge in [-0.3, -0.25) is 9.48 Å². The third kappa shape index (κ3) is 3.66. The molecule has 2 aromatic rings. The quantitative estimate of drug-likeness (QED) is 0.848. The van der Waals surface area contributed by atoms with Gasteiger partial charge in [-0.15, -0.1) is 11.3 Å². The van der Waals surface area contributed by atoms with Crippen molar-refractivity contribution in [3.05, 3.63) is 38.8 Å². The van der Waals surface area contributed by atoms with Crippen LogP contribution in [0.4, 0.5) is 0 Å². The molecule has 8 heteroatoms.